The molecule has 1 N–H and O–H groups in total. The molecule has 3 aromatic rings. The number of hydrogen-bond acceptors (Lipinski definition) is 5. The molecular weight excluding hydrogens is 412 g/mol. The molecule has 0 bridgehead atoms. The lowest BCUT2D eigenvalue weighted by Crippen LogP contribution is -2.49. The van der Waals surface area contributed by atoms with E-state index in [1.165, 1.54) is 0 Å². The Balaban J connectivity index is 1.42. The number of fused-ring (bicyclic) bond motifs is 1. The van der Waals surface area contributed by atoms with Crippen LogP contribution in [-0.2, 0) is 4.79 Å². The van der Waals surface area contributed by atoms with E-state index < -0.39 is 12.2 Å². The molecular formula is C21H20ClF2N5O. The van der Waals surface area contributed by atoms with E-state index in [1.807, 2.05) is 21.9 Å². The number of halogens is 3. The Bertz CT molecular complexity index is 1060. The molecule has 9 heteroatoms. The summed E-state index contributed by atoms with van der Waals surface area (Å²) in [6.07, 6.45) is -2.73. The summed E-state index contributed by atoms with van der Waals surface area (Å²) in [5, 5.41) is 4.04. The Labute approximate surface area is 177 Å². The molecule has 0 aliphatic carbocycles. The number of carbonyl (C=O) groups is 1. The minimum Gasteiger partial charge on any atom is -0.353 e. The molecule has 1 saturated heterocycles. The molecule has 1 fully saturated rings. The zero-order valence-electron chi connectivity index (χ0n) is 16.1. The minimum absolute atomic E-state index is 0.149. The third-order valence-corrected chi connectivity index (χ3v) is 5.31. The molecule has 1 aliphatic rings. The lowest BCUT2D eigenvalue weighted by atomic mass is 10.2. The zero-order valence-corrected chi connectivity index (χ0v) is 16.8. The summed E-state index contributed by atoms with van der Waals surface area (Å²) in [5.41, 5.74) is 1.08. The molecule has 1 aliphatic heterocycles. The van der Waals surface area contributed by atoms with Crippen molar-refractivity contribution in [1.29, 1.82) is 0 Å². The van der Waals surface area contributed by atoms with Crippen molar-refractivity contribution < 1.29 is 13.6 Å². The SMILES string of the molecule is O=C(CN1CCN(c2nc(C(F)F)nc3ccccc23)CC1)Nc1ccccc1Cl. The highest BCUT2D eigenvalue weighted by Gasteiger charge is 2.24. The summed E-state index contributed by atoms with van der Waals surface area (Å²) >= 11 is 6.08. The largest absolute Gasteiger partial charge is 0.353 e. The lowest BCUT2D eigenvalue weighted by molar-refractivity contribution is -0.117. The van der Waals surface area contributed by atoms with E-state index in [2.05, 4.69) is 15.3 Å². The van der Waals surface area contributed by atoms with Gasteiger partial charge in [-0.25, -0.2) is 18.7 Å². The number of para-hydroxylation sites is 2. The molecule has 156 valence electrons. The van der Waals surface area contributed by atoms with E-state index in [9.17, 15) is 13.6 Å². The third kappa shape index (κ3) is 4.49. The van der Waals surface area contributed by atoms with Gasteiger partial charge in [0.2, 0.25) is 5.91 Å². The average Bonchev–Trinajstić information content (AvgIpc) is 2.75. The fraction of sp³-hybridized carbons (Fsp3) is 0.286. The Morgan fingerprint density at radius 2 is 1.73 bits per heavy atom. The van der Waals surface area contributed by atoms with Crippen molar-refractivity contribution in [1.82, 2.24) is 14.9 Å². The number of nitrogens with one attached hydrogen (secondary N) is 1. The fourth-order valence-electron chi connectivity index (χ4n) is 3.49. The van der Waals surface area contributed by atoms with Gasteiger partial charge < -0.3 is 10.2 Å². The van der Waals surface area contributed by atoms with Gasteiger partial charge >= 0.3 is 0 Å². The van der Waals surface area contributed by atoms with E-state index in [0.717, 1.165) is 5.39 Å². The number of carbonyl (C=O) groups excluding carboxylic acids is 1. The van der Waals surface area contributed by atoms with Crippen molar-refractivity contribution in [3.63, 3.8) is 0 Å². The molecule has 4 rings (SSSR count). The highest BCUT2D eigenvalue weighted by Crippen LogP contribution is 2.28. The van der Waals surface area contributed by atoms with E-state index in [1.54, 1.807) is 36.4 Å². The topological polar surface area (TPSA) is 61.4 Å². The van der Waals surface area contributed by atoms with Gasteiger partial charge in [-0.2, -0.15) is 0 Å². The summed E-state index contributed by atoms with van der Waals surface area (Å²) in [7, 11) is 0. The van der Waals surface area contributed by atoms with Gasteiger partial charge in [0.25, 0.3) is 6.43 Å². The van der Waals surface area contributed by atoms with Crippen molar-refractivity contribution in [2.45, 2.75) is 6.43 Å². The van der Waals surface area contributed by atoms with Gasteiger partial charge in [0.05, 0.1) is 22.8 Å². The van der Waals surface area contributed by atoms with Gasteiger partial charge in [0.1, 0.15) is 5.82 Å². The predicted molar refractivity (Wildman–Crippen MR) is 113 cm³/mol. The summed E-state index contributed by atoms with van der Waals surface area (Å²) in [4.78, 5) is 24.4. The van der Waals surface area contributed by atoms with Gasteiger partial charge in [-0.05, 0) is 24.3 Å². The maximum atomic E-state index is 13.2. The number of amides is 1. The first kappa shape index (κ1) is 20.4. The predicted octanol–water partition coefficient (Wildman–Crippen LogP) is 3.98. The van der Waals surface area contributed by atoms with Crippen molar-refractivity contribution in [3.8, 4) is 0 Å². The number of benzene rings is 2. The second-order valence-corrected chi connectivity index (χ2v) is 7.42. The van der Waals surface area contributed by atoms with E-state index in [4.69, 9.17) is 11.6 Å². The van der Waals surface area contributed by atoms with Crippen LogP contribution < -0.4 is 10.2 Å². The maximum absolute atomic E-state index is 13.2. The molecule has 0 atom stereocenters. The smallest absolute Gasteiger partial charge is 0.297 e. The van der Waals surface area contributed by atoms with Crippen LogP contribution in [0.5, 0.6) is 0 Å². The molecule has 30 heavy (non-hydrogen) atoms. The normalized spacial score (nSPS) is 15.0. The first-order valence-corrected chi connectivity index (χ1v) is 9.95. The second-order valence-electron chi connectivity index (χ2n) is 7.01. The van der Waals surface area contributed by atoms with Gasteiger partial charge in [-0.1, -0.05) is 35.9 Å². The highest BCUT2D eigenvalue weighted by atomic mass is 35.5. The summed E-state index contributed by atoms with van der Waals surface area (Å²) < 4.78 is 26.5. The minimum atomic E-state index is -2.73. The van der Waals surface area contributed by atoms with Crippen LogP contribution in [-0.4, -0.2) is 53.5 Å². The van der Waals surface area contributed by atoms with Crippen LogP contribution in [0.15, 0.2) is 48.5 Å². The third-order valence-electron chi connectivity index (χ3n) is 4.98. The molecule has 1 aromatic heterocycles. The second kappa shape index (κ2) is 8.89. The van der Waals surface area contributed by atoms with Crippen molar-refractivity contribution in [2.24, 2.45) is 0 Å². The van der Waals surface area contributed by atoms with Crippen LogP contribution in [0.4, 0.5) is 20.3 Å². The van der Waals surface area contributed by atoms with Crippen LogP contribution in [0.25, 0.3) is 10.9 Å². The van der Waals surface area contributed by atoms with Crippen LogP contribution in [0.1, 0.15) is 12.2 Å². The summed E-state index contributed by atoms with van der Waals surface area (Å²) in [6, 6.07) is 14.2. The molecule has 6 nitrogen and oxygen atoms in total. The number of hydrogen-bond donors (Lipinski definition) is 1. The highest BCUT2D eigenvalue weighted by molar-refractivity contribution is 6.33. The monoisotopic (exact) mass is 431 g/mol. The number of piperazine rings is 1. The molecule has 0 spiro atoms. The van der Waals surface area contributed by atoms with Gasteiger partial charge in [-0.3, -0.25) is 9.69 Å². The Morgan fingerprint density at radius 3 is 2.47 bits per heavy atom. The van der Waals surface area contributed by atoms with Crippen LogP contribution in [0.3, 0.4) is 0 Å². The zero-order chi connectivity index (χ0) is 21.1. The Hall–Kier alpha value is -2.84. The van der Waals surface area contributed by atoms with Crippen molar-refractivity contribution >= 4 is 39.9 Å². The summed E-state index contributed by atoms with van der Waals surface area (Å²) in [6.45, 7) is 2.59. The number of nitrogens with zero attached hydrogens (tertiary/aromatic N) is 4. The first-order valence-electron chi connectivity index (χ1n) is 9.58. The molecule has 2 heterocycles. The molecule has 0 unspecified atom stereocenters. The van der Waals surface area contributed by atoms with E-state index in [-0.39, 0.29) is 12.5 Å². The summed E-state index contributed by atoms with van der Waals surface area (Å²) in [5.74, 6) is -0.106. The van der Waals surface area contributed by atoms with Gasteiger partial charge in [-0.15, -0.1) is 0 Å². The van der Waals surface area contributed by atoms with Crippen molar-refractivity contribution in [2.75, 3.05) is 42.9 Å². The molecule has 1 amide bonds. The number of aromatic nitrogens is 2. The number of alkyl halides is 2. The standard InChI is InChI=1S/C21H20ClF2N5O/c22-15-6-2-4-8-17(15)25-18(30)13-28-9-11-29(12-10-28)21-14-5-1-3-7-16(14)26-20(27-21)19(23)24/h1-8,19H,9-13H2,(H,25,30). The van der Waals surface area contributed by atoms with Gasteiger partial charge in [0.15, 0.2) is 5.82 Å². The Morgan fingerprint density at radius 1 is 1.03 bits per heavy atom. The van der Waals surface area contributed by atoms with Crippen LogP contribution in [0, 0.1) is 0 Å². The lowest BCUT2D eigenvalue weighted by Gasteiger charge is -2.35. The van der Waals surface area contributed by atoms with Gasteiger partial charge in [0, 0.05) is 31.6 Å². The maximum Gasteiger partial charge on any atom is 0.297 e. The van der Waals surface area contributed by atoms with E-state index in [0.29, 0.717) is 48.2 Å². The fourth-order valence-corrected chi connectivity index (χ4v) is 3.67. The van der Waals surface area contributed by atoms with E-state index >= 15 is 0 Å². The van der Waals surface area contributed by atoms with Crippen LogP contribution in [0.2, 0.25) is 5.02 Å². The number of rotatable bonds is 5. The molecule has 2 aromatic carbocycles. The first-order chi connectivity index (χ1) is 14.5. The average molecular weight is 432 g/mol. The number of anilines is 2. The molecule has 0 radical (unpaired) electrons. The Kier molecular flexibility index (Phi) is 6.06. The van der Waals surface area contributed by atoms with Crippen molar-refractivity contribution in [3.05, 3.63) is 59.4 Å². The van der Waals surface area contributed by atoms with Crippen LogP contribution >= 0.6 is 11.6 Å². The molecule has 0 saturated carbocycles. The quantitative estimate of drug-likeness (QED) is 0.662.